The lowest BCUT2D eigenvalue weighted by Gasteiger charge is -2.19. The van der Waals surface area contributed by atoms with E-state index in [0.29, 0.717) is 42.2 Å². The van der Waals surface area contributed by atoms with Crippen molar-refractivity contribution in [2.24, 2.45) is 7.05 Å². The molecule has 4 aromatic rings. The first-order chi connectivity index (χ1) is 16.9. The molecule has 0 saturated heterocycles. The summed E-state index contributed by atoms with van der Waals surface area (Å²) in [4.78, 5) is 26.4. The minimum Gasteiger partial charge on any atom is -0.493 e. The number of carbonyl (C=O) groups is 1. The highest BCUT2D eigenvalue weighted by Gasteiger charge is 2.25. The fraction of sp³-hybridized carbons (Fsp3) is 0.346. The summed E-state index contributed by atoms with van der Waals surface area (Å²) < 4.78 is 19.4. The van der Waals surface area contributed by atoms with Crippen molar-refractivity contribution < 1.29 is 19.0 Å². The molecule has 9 nitrogen and oxygen atoms in total. The molecule has 0 unspecified atom stereocenters. The molecule has 184 valence electrons. The maximum absolute atomic E-state index is 13.4. The number of benzene rings is 2. The summed E-state index contributed by atoms with van der Waals surface area (Å²) in [5, 5.41) is 8.87. The van der Waals surface area contributed by atoms with Crippen molar-refractivity contribution >= 4 is 27.7 Å². The fourth-order valence-corrected chi connectivity index (χ4v) is 4.52. The number of carbonyl (C=O) groups excluding carboxylic acids is 1. The number of aryl methyl sites for hydroxylation is 1. The van der Waals surface area contributed by atoms with Gasteiger partial charge in [-0.25, -0.2) is 4.68 Å². The molecule has 9 heteroatoms. The van der Waals surface area contributed by atoms with Crippen LogP contribution in [0.2, 0.25) is 0 Å². The number of para-hydroxylation sites is 1. The van der Waals surface area contributed by atoms with Crippen molar-refractivity contribution in [2.75, 3.05) is 27.9 Å². The molecule has 0 aliphatic carbocycles. The summed E-state index contributed by atoms with van der Waals surface area (Å²) in [6.07, 6.45) is 2.78. The van der Waals surface area contributed by atoms with Gasteiger partial charge in [-0.3, -0.25) is 9.59 Å². The Kier molecular flexibility index (Phi) is 6.95. The Labute approximate surface area is 203 Å². The average molecular weight is 479 g/mol. The average Bonchev–Trinajstić information content (AvgIpc) is 3.21. The lowest BCUT2D eigenvalue weighted by molar-refractivity contribution is -0.124. The Morgan fingerprint density at radius 2 is 1.74 bits per heavy atom. The third-order valence-electron chi connectivity index (χ3n) is 6.24. The predicted molar refractivity (Wildman–Crippen MR) is 135 cm³/mol. The molecule has 0 aliphatic rings. The van der Waals surface area contributed by atoms with E-state index in [1.807, 2.05) is 47.9 Å². The van der Waals surface area contributed by atoms with Crippen LogP contribution < -0.4 is 25.1 Å². The summed E-state index contributed by atoms with van der Waals surface area (Å²) in [6, 6.07) is 10.9. The Morgan fingerprint density at radius 3 is 2.37 bits per heavy atom. The Morgan fingerprint density at radius 1 is 1.06 bits per heavy atom. The molecule has 1 amide bonds. The molecule has 1 N–H and O–H groups in total. The molecular formula is C26H30N4O5. The fourth-order valence-electron chi connectivity index (χ4n) is 4.52. The first-order valence-corrected chi connectivity index (χ1v) is 11.5. The monoisotopic (exact) mass is 478 g/mol. The van der Waals surface area contributed by atoms with Crippen LogP contribution in [0.15, 0.2) is 47.4 Å². The maximum atomic E-state index is 13.4. The topological polar surface area (TPSA) is 96.6 Å². The molecule has 0 radical (unpaired) electrons. The summed E-state index contributed by atoms with van der Waals surface area (Å²) in [7, 11) is 6.31. The number of nitrogens with one attached hydrogen (secondary N) is 1. The molecule has 2 heterocycles. The van der Waals surface area contributed by atoms with E-state index < -0.39 is 6.04 Å². The van der Waals surface area contributed by atoms with E-state index in [4.69, 9.17) is 14.2 Å². The zero-order valence-electron chi connectivity index (χ0n) is 20.6. The van der Waals surface area contributed by atoms with E-state index in [2.05, 4.69) is 10.4 Å². The third kappa shape index (κ3) is 4.29. The van der Waals surface area contributed by atoms with Gasteiger partial charge in [0.1, 0.15) is 11.6 Å². The molecular weight excluding hydrogens is 448 g/mol. The Balaban J connectivity index is 1.62. The van der Waals surface area contributed by atoms with Crippen molar-refractivity contribution in [1.29, 1.82) is 0 Å². The van der Waals surface area contributed by atoms with E-state index in [1.165, 1.54) is 4.68 Å². The van der Waals surface area contributed by atoms with Crippen molar-refractivity contribution in [3.8, 4) is 17.2 Å². The van der Waals surface area contributed by atoms with E-state index in [-0.39, 0.29) is 11.5 Å². The van der Waals surface area contributed by atoms with Gasteiger partial charge in [0.05, 0.1) is 33.0 Å². The van der Waals surface area contributed by atoms with Gasteiger partial charge in [-0.15, -0.1) is 0 Å². The molecule has 4 rings (SSSR count). The number of nitrogens with zero attached hydrogens (tertiary/aromatic N) is 3. The number of rotatable bonds is 9. The molecule has 0 fully saturated rings. The number of fused-ring (bicyclic) bond motifs is 3. The van der Waals surface area contributed by atoms with Gasteiger partial charge in [0.25, 0.3) is 5.56 Å². The maximum Gasteiger partial charge on any atom is 0.291 e. The van der Waals surface area contributed by atoms with E-state index >= 15 is 0 Å². The molecule has 0 saturated carbocycles. The molecule has 0 bridgehead atoms. The summed E-state index contributed by atoms with van der Waals surface area (Å²) >= 11 is 0. The number of hydrogen-bond acceptors (Lipinski definition) is 6. The molecule has 35 heavy (non-hydrogen) atoms. The number of hydrogen-bond donors (Lipinski definition) is 1. The lowest BCUT2D eigenvalue weighted by Crippen LogP contribution is -2.34. The number of ether oxygens (including phenoxy) is 3. The van der Waals surface area contributed by atoms with Crippen LogP contribution in [0.4, 0.5) is 0 Å². The second-order valence-electron chi connectivity index (χ2n) is 8.22. The van der Waals surface area contributed by atoms with Gasteiger partial charge in [0, 0.05) is 24.4 Å². The van der Waals surface area contributed by atoms with Crippen LogP contribution in [0.25, 0.3) is 21.8 Å². The Bertz CT molecular complexity index is 1410. The molecule has 1 atom stereocenters. The largest absolute Gasteiger partial charge is 0.493 e. The van der Waals surface area contributed by atoms with Crippen LogP contribution in [0.1, 0.15) is 24.9 Å². The van der Waals surface area contributed by atoms with Crippen LogP contribution in [0, 0.1) is 0 Å². The van der Waals surface area contributed by atoms with Gasteiger partial charge in [-0.05, 0) is 36.6 Å². The van der Waals surface area contributed by atoms with Crippen LogP contribution in [0.3, 0.4) is 0 Å². The SMILES string of the molecule is CC[C@H](C(=O)NCCc1cc(OC)c(OC)c(OC)c1)n1c2ccccc2c2cnn(C)c(=O)c21. The standard InChI is InChI=1S/C26H30N4O5/c1-6-19(25(31)27-12-11-16-13-21(33-3)24(35-5)22(14-16)34-4)30-20-10-8-7-9-17(20)18-15-28-29(2)26(32)23(18)30/h7-10,13-15,19H,6,11-12H2,1-5H3,(H,27,31)/t19-/m1/s1. The first-order valence-electron chi connectivity index (χ1n) is 11.5. The van der Waals surface area contributed by atoms with Crippen molar-refractivity contribution in [2.45, 2.75) is 25.8 Å². The van der Waals surface area contributed by atoms with E-state index in [0.717, 1.165) is 21.9 Å². The van der Waals surface area contributed by atoms with Gasteiger partial charge in [-0.2, -0.15) is 5.10 Å². The predicted octanol–water partition coefficient (Wildman–Crippen LogP) is 3.22. The quantitative estimate of drug-likeness (QED) is 0.397. The minimum atomic E-state index is -0.549. The minimum absolute atomic E-state index is 0.151. The lowest BCUT2D eigenvalue weighted by atomic mass is 10.1. The molecule has 0 aliphatic heterocycles. The molecule has 2 aromatic heterocycles. The smallest absolute Gasteiger partial charge is 0.291 e. The highest BCUT2D eigenvalue weighted by molar-refractivity contribution is 6.08. The van der Waals surface area contributed by atoms with Gasteiger partial charge in [-0.1, -0.05) is 25.1 Å². The van der Waals surface area contributed by atoms with E-state index in [1.54, 1.807) is 34.6 Å². The second-order valence-corrected chi connectivity index (χ2v) is 8.22. The zero-order chi connectivity index (χ0) is 25.1. The summed E-state index contributed by atoms with van der Waals surface area (Å²) in [6.45, 7) is 2.35. The van der Waals surface area contributed by atoms with Gasteiger partial charge < -0.3 is 24.1 Å². The number of aromatic nitrogens is 3. The van der Waals surface area contributed by atoms with Gasteiger partial charge in [0.2, 0.25) is 11.7 Å². The first kappa shape index (κ1) is 24.1. The molecule has 0 spiro atoms. The van der Waals surface area contributed by atoms with Gasteiger partial charge >= 0.3 is 0 Å². The van der Waals surface area contributed by atoms with Crippen molar-refractivity contribution in [3.63, 3.8) is 0 Å². The third-order valence-corrected chi connectivity index (χ3v) is 6.24. The summed E-state index contributed by atoms with van der Waals surface area (Å²) in [5.74, 6) is 1.50. The summed E-state index contributed by atoms with van der Waals surface area (Å²) in [5.41, 5.74) is 2.02. The molecule has 2 aromatic carbocycles. The van der Waals surface area contributed by atoms with Crippen LogP contribution in [-0.4, -0.2) is 48.1 Å². The highest BCUT2D eigenvalue weighted by atomic mass is 16.5. The van der Waals surface area contributed by atoms with Crippen molar-refractivity contribution in [1.82, 2.24) is 19.7 Å². The number of methoxy groups -OCH3 is 3. The van der Waals surface area contributed by atoms with Gasteiger partial charge in [0.15, 0.2) is 11.5 Å². The van der Waals surface area contributed by atoms with E-state index in [9.17, 15) is 9.59 Å². The second kappa shape index (κ2) is 10.1. The number of amides is 1. The Hall–Kier alpha value is -4.01. The van der Waals surface area contributed by atoms with Crippen LogP contribution in [-0.2, 0) is 18.3 Å². The zero-order valence-corrected chi connectivity index (χ0v) is 20.6. The highest BCUT2D eigenvalue weighted by Crippen LogP contribution is 2.38. The van der Waals surface area contributed by atoms with Crippen molar-refractivity contribution in [3.05, 3.63) is 58.5 Å². The normalized spacial score (nSPS) is 12.0. The van der Waals surface area contributed by atoms with Crippen LogP contribution in [0.5, 0.6) is 17.2 Å². The van der Waals surface area contributed by atoms with Crippen LogP contribution >= 0.6 is 0 Å².